The lowest BCUT2D eigenvalue weighted by Crippen LogP contribution is -2.44. The van der Waals surface area contributed by atoms with Crippen molar-refractivity contribution in [1.29, 1.82) is 0 Å². The molecule has 0 aromatic carbocycles. The second-order valence-corrected chi connectivity index (χ2v) is 8.89. The molecule has 3 rings (SSSR count). The van der Waals surface area contributed by atoms with Crippen molar-refractivity contribution in [3.63, 3.8) is 0 Å². The second kappa shape index (κ2) is 3.35. The maximum Gasteiger partial charge on any atom is 0.216 e. The van der Waals surface area contributed by atoms with E-state index in [1.807, 2.05) is 6.92 Å². The van der Waals surface area contributed by atoms with Gasteiger partial charge in [0.2, 0.25) is 10.0 Å². The Labute approximate surface area is 102 Å². The van der Waals surface area contributed by atoms with Crippen molar-refractivity contribution in [2.24, 2.45) is 0 Å². The summed E-state index contributed by atoms with van der Waals surface area (Å²) < 4.78 is 31.9. The van der Waals surface area contributed by atoms with Crippen molar-refractivity contribution in [1.82, 2.24) is 4.72 Å². The molecule has 0 radical (unpaired) electrons. The van der Waals surface area contributed by atoms with Crippen molar-refractivity contribution in [2.45, 2.75) is 46.3 Å². The molecule has 3 saturated heterocycles. The zero-order valence-electron chi connectivity index (χ0n) is 8.09. The van der Waals surface area contributed by atoms with Gasteiger partial charge in [-0.05, 0) is 13.3 Å². The molecule has 0 amide bonds. The molecule has 6 atom stereocenters. The van der Waals surface area contributed by atoms with Gasteiger partial charge in [0.25, 0.3) is 0 Å². The number of alkyl halides is 1. The quantitative estimate of drug-likeness (QED) is 0.761. The molecule has 4 nitrogen and oxygen atoms in total. The number of nitrogens with one attached hydrogen (secondary N) is 1. The topological polar surface area (TPSA) is 55.4 Å². The van der Waals surface area contributed by atoms with Gasteiger partial charge in [0.15, 0.2) is 0 Å². The van der Waals surface area contributed by atoms with Crippen LogP contribution in [0.4, 0.5) is 0 Å². The van der Waals surface area contributed by atoms with E-state index in [9.17, 15) is 8.42 Å². The summed E-state index contributed by atoms with van der Waals surface area (Å²) in [5.74, 6) is 0. The van der Waals surface area contributed by atoms with Gasteiger partial charge in [0.05, 0.1) is 17.4 Å². The van der Waals surface area contributed by atoms with Crippen LogP contribution < -0.4 is 4.72 Å². The number of halogens is 1. The van der Waals surface area contributed by atoms with E-state index in [1.54, 1.807) is 11.8 Å². The highest BCUT2D eigenvalue weighted by atomic mass is 79.9. The summed E-state index contributed by atoms with van der Waals surface area (Å²) in [5.41, 5.74) is 0. The first-order chi connectivity index (χ1) is 6.99. The molecule has 0 saturated carbocycles. The number of fused-ring (bicyclic) bond motifs is 1. The van der Waals surface area contributed by atoms with Gasteiger partial charge in [-0.1, -0.05) is 15.9 Å². The Morgan fingerprint density at radius 1 is 1.60 bits per heavy atom. The summed E-state index contributed by atoms with van der Waals surface area (Å²) in [6.07, 6.45) is 0.772. The molecular formula is C8H12BrNO3S2. The fourth-order valence-electron chi connectivity index (χ4n) is 2.76. The van der Waals surface area contributed by atoms with Crippen LogP contribution in [0.25, 0.3) is 0 Å². The van der Waals surface area contributed by atoms with E-state index in [-0.39, 0.29) is 27.7 Å². The van der Waals surface area contributed by atoms with Crippen LogP contribution in [0.5, 0.6) is 0 Å². The van der Waals surface area contributed by atoms with Gasteiger partial charge in [-0.2, -0.15) is 0 Å². The van der Waals surface area contributed by atoms with E-state index in [1.165, 1.54) is 0 Å². The Hall–Kier alpha value is 0.700. The molecule has 3 fully saturated rings. The summed E-state index contributed by atoms with van der Waals surface area (Å²) in [7, 11) is -3.07. The maximum atomic E-state index is 11.7. The van der Waals surface area contributed by atoms with E-state index in [0.717, 1.165) is 6.42 Å². The predicted octanol–water partition coefficient (Wildman–Crippen LogP) is 0.670. The third-order valence-corrected chi connectivity index (χ3v) is 7.30. The van der Waals surface area contributed by atoms with Gasteiger partial charge in [-0.15, -0.1) is 11.8 Å². The Balaban J connectivity index is 1.88. The van der Waals surface area contributed by atoms with Crippen LogP contribution in [0.1, 0.15) is 13.3 Å². The highest BCUT2D eigenvalue weighted by molar-refractivity contribution is 9.09. The average Bonchev–Trinajstić information content (AvgIpc) is 2.67. The molecule has 6 unspecified atom stereocenters. The van der Waals surface area contributed by atoms with Crippen molar-refractivity contribution in [3.8, 4) is 0 Å². The summed E-state index contributed by atoms with van der Waals surface area (Å²) in [5, 5.41) is 0.347. The van der Waals surface area contributed by atoms with Crippen molar-refractivity contribution < 1.29 is 13.2 Å². The van der Waals surface area contributed by atoms with Gasteiger partial charge < -0.3 is 4.74 Å². The molecule has 0 aromatic rings. The number of hydrogen-bond donors (Lipinski definition) is 1. The minimum Gasteiger partial charge on any atom is -0.361 e. The van der Waals surface area contributed by atoms with Crippen LogP contribution >= 0.6 is 27.7 Å². The zero-order valence-corrected chi connectivity index (χ0v) is 11.3. The Morgan fingerprint density at radius 3 is 3.00 bits per heavy atom. The number of thioether (sulfide) groups is 1. The summed E-state index contributed by atoms with van der Waals surface area (Å²) in [4.78, 5) is 0. The molecule has 3 aliphatic rings. The molecule has 0 aliphatic carbocycles. The molecule has 2 bridgehead atoms. The predicted molar refractivity (Wildman–Crippen MR) is 62.7 cm³/mol. The number of sulfonamides is 1. The number of ether oxygens (including phenoxy) is 1. The first kappa shape index (κ1) is 10.8. The molecule has 15 heavy (non-hydrogen) atoms. The highest BCUT2D eigenvalue weighted by Gasteiger charge is 2.64. The van der Waals surface area contributed by atoms with Crippen LogP contribution in [-0.2, 0) is 14.8 Å². The largest absolute Gasteiger partial charge is 0.361 e. The first-order valence-electron chi connectivity index (χ1n) is 4.95. The number of hydrogen-bond acceptors (Lipinski definition) is 4. The Morgan fingerprint density at radius 2 is 2.33 bits per heavy atom. The minimum atomic E-state index is -3.07. The van der Waals surface area contributed by atoms with Gasteiger partial charge in [-0.3, -0.25) is 0 Å². The second-order valence-electron chi connectivity index (χ2n) is 4.25. The van der Waals surface area contributed by atoms with Gasteiger partial charge in [0, 0.05) is 10.5 Å². The average molecular weight is 314 g/mol. The fourth-order valence-corrected chi connectivity index (χ4v) is 7.45. The lowest BCUT2D eigenvalue weighted by Gasteiger charge is -2.26. The Kier molecular flexibility index (Phi) is 2.42. The minimum absolute atomic E-state index is 0.0104. The van der Waals surface area contributed by atoms with Crippen LogP contribution in [0.3, 0.4) is 0 Å². The van der Waals surface area contributed by atoms with Crippen molar-refractivity contribution in [3.05, 3.63) is 0 Å². The molecule has 86 valence electrons. The molecule has 3 heterocycles. The SMILES string of the molecule is CC(Br)OC1C2CC3C(S2)C1NS3(=O)=O. The monoisotopic (exact) mass is 313 g/mol. The maximum absolute atomic E-state index is 11.7. The zero-order chi connectivity index (χ0) is 10.8. The van der Waals surface area contributed by atoms with E-state index in [0.29, 0.717) is 5.25 Å². The molecule has 7 heteroatoms. The normalized spacial score (nSPS) is 52.3. The fraction of sp³-hybridized carbons (Fsp3) is 1.00. The van der Waals surface area contributed by atoms with E-state index >= 15 is 0 Å². The van der Waals surface area contributed by atoms with Crippen LogP contribution in [0, 0.1) is 0 Å². The lowest BCUT2D eigenvalue weighted by atomic mass is 9.93. The van der Waals surface area contributed by atoms with Crippen LogP contribution in [0.15, 0.2) is 0 Å². The van der Waals surface area contributed by atoms with Gasteiger partial charge in [0.1, 0.15) is 5.01 Å². The summed E-state index contributed by atoms with van der Waals surface area (Å²) >= 11 is 5.12. The molecule has 0 spiro atoms. The Bertz CT molecular complexity index is 385. The number of rotatable bonds is 2. The van der Waals surface area contributed by atoms with E-state index in [2.05, 4.69) is 20.7 Å². The van der Waals surface area contributed by atoms with Gasteiger partial charge in [-0.25, -0.2) is 13.1 Å². The smallest absolute Gasteiger partial charge is 0.216 e. The van der Waals surface area contributed by atoms with Crippen LogP contribution in [-0.4, -0.2) is 41.3 Å². The lowest BCUT2D eigenvalue weighted by molar-refractivity contribution is 0.0253. The standard InChI is InChI=1S/C8H12BrNO3S2/c1-3(9)13-7-4-2-5-8(14-4)6(7)10-15(5,11)12/h3-8,10H,2H2,1H3. The van der Waals surface area contributed by atoms with E-state index < -0.39 is 10.0 Å². The molecule has 0 aromatic heterocycles. The third kappa shape index (κ3) is 1.50. The summed E-state index contributed by atoms with van der Waals surface area (Å²) in [6, 6.07) is -0.0104. The highest BCUT2D eigenvalue weighted by Crippen LogP contribution is 2.53. The third-order valence-electron chi connectivity index (χ3n) is 3.28. The van der Waals surface area contributed by atoms with Crippen molar-refractivity contribution in [2.75, 3.05) is 0 Å². The first-order valence-corrected chi connectivity index (χ1v) is 8.35. The molecule has 1 N–H and O–H groups in total. The molecular weight excluding hydrogens is 302 g/mol. The van der Waals surface area contributed by atoms with Gasteiger partial charge >= 0.3 is 0 Å². The van der Waals surface area contributed by atoms with E-state index in [4.69, 9.17) is 4.74 Å². The summed E-state index contributed by atoms with van der Waals surface area (Å²) in [6.45, 7) is 1.91. The molecule has 3 aliphatic heterocycles. The van der Waals surface area contributed by atoms with Crippen LogP contribution in [0.2, 0.25) is 0 Å². The van der Waals surface area contributed by atoms with Crippen molar-refractivity contribution >= 4 is 37.7 Å².